The van der Waals surface area contributed by atoms with Crippen molar-refractivity contribution in [2.24, 2.45) is 5.92 Å². The number of aromatic hydroxyl groups is 1. The summed E-state index contributed by atoms with van der Waals surface area (Å²) in [4.78, 5) is 10.9. The molecule has 1 aliphatic rings. The van der Waals surface area contributed by atoms with Crippen molar-refractivity contribution in [3.63, 3.8) is 0 Å². The van der Waals surface area contributed by atoms with Gasteiger partial charge in [-0.05, 0) is 75.4 Å². The Hall–Kier alpha value is -3.53. The summed E-state index contributed by atoms with van der Waals surface area (Å²) in [5.41, 5.74) is 11.7. The first-order valence-corrected chi connectivity index (χ1v) is 11.1. The largest absolute Gasteiger partial charge is 0.508 e. The number of benzene rings is 3. The summed E-state index contributed by atoms with van der Waals surface area (Å²) in [6.45, 7) is 11.7. The predicted molar refractivity (Wildman–Crippen MR) is 137 cm³/mol. The van der Waals surface area contributed by atoms with Crippen LogP contribution in [-0.4, -0.2) is 16.2 Å². The van der Waals surface area contributed by atoms with Crippen LogP contribution in [0.3, 0.4) is 0 Å². The first-order valence-electron chi connectivity index (χ1n) is 11.1. The summed E-state index contributed by atoms with van der Waals surface area (Å²) in [6.07, 6.45) is 4.13. The van der Waals surface area contributed by atoms with Crippen molar-refractivity contribution in [1.82, 2.24) is 0 Å². The minimum atomic E-state index is -0.895. The van der Waals surface area contributed by atoms with Gasteiger partial charge in [0.15, 0.2) is 0 Å². The Balaban J connectivity index is 0.000000323. The molecule has 172 valence electrons. The zero-order valence-electron chi connectivity index (χ0n) is 20.0. The van der Waals surface area contributed by atoms with Crippen LogP contribution in [0.15, 0.2) is 66.7 Å². The lowest BCUT2D eigenvalue weighted by molar-refractivity contribution is 0.0697. The van der Waals surface area contributed by atoms with Crippen LogP contribution in [0.1, 0.15) is 67.2 Å². The predicted octanol–water partition coefficient (Wildman–Crippen LogP) is 6.73. The number of anilines is 1. The van der Waals surface area contributed by atoms with E-state index in [0.717, 1.165) is 5.56 Å². The third-order valence-corrected chi connectivity index (χ3v) is 7.12. The minimum Gasteiger partial charge on any atom is -0.508 e. The quantitative estimate of drug-likeness (QED) is 0.238. The average Bonchev–Trinajstić information content (AvgIpc) is 2.92. The zero-order chi connectivity index (χ0) is 24.4. The first kappa shape index (κ1) is 24.1. The number of phenolic OH excluding ortho intramolecular Hbond substituents is 1. The van der Waals surface area contributed by atoms with E-state index >= 15 is 0 Å². The molecule has 0 saturated heterocycles. The van der Waals surface area contributed by atoms with E-state index in [4.69, 9.17) is 15.9 Å². The van der Waals surface area contributed by atoms with E-state index in [1.165, 1.54) is 16.7 Å². The summed E-state index contributed by atoms with van der Waals surface area (Å²) in [7, 11) is 0. The highest BCUT2D eigenvalue weighted by Crippen LogP contribution is 2.53. The maximum absolute atomic E-state index is 10.9. The molecule has 4 heteroatoms. The van der Waals surface area contributed by atoms with Crippen LogP contribution >= 0.6 is 0 Å². The lowest BCUT2D eigenvalue weighted by Crippen LogP contribution is -2.30. The van der Waals surface area contributed by atoms with Crippen molar-refractivity contribution in [3.8, 4) is 5.75 Å². The average molecular weight is 444 g/mol. The molecule has 4 N–H and O–H groups in total. The van der Waals surface area contributed by atoms with Crippen molar-refractivity contribution in [1.29, 1.82) is 0 Å². The Kier molecular flexibility index (Phi) is 6.68. The van der Waals surface area contributed by atoms with Gasteiger partial charge in [0.25, 0.3) is 0 Å². The van der Waals surface area contributed by atoms with Gasteiger partial charge in [0.05, 0.1) is 5.56 Å². The number of hydrogen-bond donors (Lipinski definition) is 3. The highest BCUT2D eigenvalue weighted by molar-refractivity contribution is 5.88. The molecule has 3 aromatic rings. The second-order valence-electron chi connectivity index (χ2n) is 9.82. The van der Waals surface area contributed by atoms with E-state index in [2.05, 4.69) is 58.9 Å². The molecule has 0 radical (unpaired) electrons. The van der Waals surface area contributed by atoms with Crippen LogP contribution in [0.4, 0.5) is 5.69 Å². The van der Waals surface area contributed by atoms with Crippen LogP contribution in [0.2, 0.25) is 0 Å². The number of carboxylic acids is 1. The monoisotopic (exact) mass is 443 g/mol. The summed E-state index contributed by atoms with van der Waals surface area (Å²) in [5, 5.41) is 17.7. The molecule has 0 fully saturated rings. The molecule has 4 nitrogen and oxygen atoms in total. The van der Waals surface area contributed by atoms with E-state index in [0.29, 0.717) is 17.2 Å². The van der Waals surface area contributed by atoms with Gasteiger partial charge in [0.1, 0.15) is 5.75 Å². The maximum Gasteiger partial charge on any atom is 0.335 e. The molecule has 0 aliphatic heterocycles. The van der Waals surface area contributed by atoms with Crippen molar-refractivity contribution in [2.45, 2.75) is 45.4 Å². The number of phenols is 1. The molecule has 4 rings (SSSR count). The Morgan fingerprint density at radius 2 is 1.33 bits per heavy atom. The van der Waals surface area contributed by atoms with Gasteiger partial charge in [-0.2, -0.15) is 0 Å². The fourth-order valence-electron chi connectivity index (χ4n) is 4.53. The number of nitrogens with two attached hydrogens (primary N) is 1. The minimum absolute atomic E-state index is 0.159. The fourth-order valence-corrected chi connectivity index (χ4v) is 4.53. The second-order valence-corrected chi connectivity index (χ2v) is 9.82. The third kappa shape index (κ3) is 5.11. The summed E-state index contributed by atoms with van der Waals surface area (Å²) < 4.78 is 0. The van der Waals surface area contributed by atoms with Gasteiger partial charge < -0.3 is 15.9 Å². The summed E-state index contributed by atoms with van der Waals surface area (Å²) in [5.74, 6) is -0.0647. The lowest BCUT2D eigenvalue weighted by Gasteiger charge is -2.32. The molecular formula is C29H33NO3. The van der Waals surface area contributed by atoms with E-state index in [1.54, 1.807) is 36.4 Å². The molecule has 0 heterocycles. The SMILES string of the molecule is CC1C(C)(C)c2ccc(/C=C/c3ccc(C(=O)O)cc3)cc2C1(C)C.Nc1ccc(O)cc1. The van der Waals surface area contributed by atoms with Crippen molar-refractivity contribution in [2.75, 3.05) is 5.73 Å². The third-order valence-electron chi connectivity index (χ3n) is 7.12. The number of nitrogen functional groups attached to an aromatic ring is 1. The van der Waals surface area contributed by atoms with Crippen LogP contribution in [0.25, 0.3) is 12.2 Å². The van der Waals surface area contributed by atoms with E-state index in [9.17, 15) is 4.79 Å². The van der Waals surface area contributed by atoms with Gasteiger partial charge in [-0.25, -0.2) is 4.79 Å². The zero-order valence-corrected chi connectivity index (χ0v) is 20.0. The van der Waals surface area contributed by atoms with E-state index in [-0.39, 0.29) is 16.6 Å². The number of carbonyl (C=O) groups is 1. The Bertz CT molecular complexity index is 1140. The van der Waals surface area contributed by atoms with Gasteiger partial charge in [-0.3, -0.25) is 0 Å². The summed E-state index contributed by atoms with van der Waals surface area (Å²) >= 11 is 0. The van der Waals surface area contributed by atoms with Crippen LogP contribution in [0.5, 0.6) is 5.75 Å². The number of carboxylic acid groups (broad SMARTS) is 1. The van der Waals surface area contributed by atoms with Gasteiger partial charge in [0, 0.05) is 5.69 Å². The molecule has 0 spiro atoms. The molecule has 0 aromatic heterocycles. The molecule has 3 aromatic carbocycles. The standard InChI is InChI=1S/C23H26O2.C6H7NO/c1-15-22(2,3)19-13-10-17(14-20(19)23(15,4)5)7-6-16-8-11-18(12-9-16)21(24)25;7-5-1-3-6(8)4-2-5/h6-15H,1-5H3,(H,24,25);1-4,8H,7H2/b7-6+;. The van der Waals surface area contributed by atoms with Crippen molar-refractivity contribution < 1.29 is 15.0 Å². The molecule has 0 amide bonds. The molecule has 0 saturated carbocycles. The number of rotatable bonds is 3. The Labute approximate surface area is 196 Å². The van der Waals surface area contributed by atoms with Gasteiger partial charge in [0.2, 0.25) is 0 Å². The molecule has 1 atom stereocenters. The molecule has 0 bridgehead atoms. The number of aromatic carboxylic acids is 1. The first-order chi connectivity index (χ1) is 15.4. The highest BCUT2D eigenvalue weighted by atomic mass is 16.4. The van der Waals surface area contributed by atoms with E-state index < -0.39 is 5.97 Å². The Morgan fingerprint density at radius 3 is 1.88 bits per heavy atom. The van der Waals surface area contributed by atoms with Gasteiger partial charge in [-0.15, -0.1) is 0 Å². The smallest absolute Gasteiger partial charge is 0.335 e. The van der Waals surface area contributed by atoms with Crippen molar-refractivity contribution in [3.05, 3.63) is 94.5 Å². The molecular weight excluding hydrogens is 410 g/mol. The molecule has 1 aliphatic carbocycles. The highest BCUT2D eigenvalue weighted by Gasteiger charge is 2.48. The van der Waals surface area contributed by atoms with E-state index in [1.807, 2.05) is 18.2 Å². The lowest BCUT2D eigenvalue weighted by atomic mass is 9.71. The van der Waals surface area contributed by atoms with Crippen LogP contribution < -0.4 is 5.73 Å². The van der Waals surface area contributed by atoms with Gasteiger partial charge >= 0.3 is 5.97 Å². The number of fused-ring (bicyclic) bond motifs is 1. The maximum atomic E-state index is 10.9. The van der Waals surface area contributed by atoms with Crippen LogP contribution in [0, 0.1) is 5.92 Å². The second kappa shape index (κ2) is 9.14. The fraction of sp³-hybridized carbons (Fsp3) is 0.276. The molecule has 1 unspecified atom stereocenters. The molecule has 33 heavy (non-hydrogen) atoms. The Morgan fingerprint density at radius 1 is 0.818 bits per heavy atom. The topological polar surface area (TPSA) is 83.5 Å². The van der Waals surface area contributed by atoms with Crippen molar-refractivity contribution >= 4 is 23.8 Å². The van der Waals surface area contributed by atoms with Gasteiger partial charge in [-0.1, -0.05) is 77.1 Å². The normalized spacial score (nSPS) is 17.8. The van der Waals surface area contributed by atoms with Crippen LogP contribution in [-0.2, 0) is 10.8 Å². The summed E-state index contributed by atoms with van der Waals surface area (Å²) in [6, 6.07) is 20.1. The number of hydrogen-bond acceptors (Lipinski definition) is 3.